The van der Waals surface area contributed by atoms with Gasteiger partial charge in [0.2, 0.25) is 0 Å². The van der Waals surface area contributed by atoms with Crippen molar-refractivity contribution in [3.63, 3.8) is 0 Å². The molecule has 0 spiro atoms. The molecule has 1 fully saturated rings. The summed E-state index contributed by atoms with van der Waals surface area (Å²) in [6.45, 7) is 4.27. The molecule has 0 aliphatic heterocycles. The highest BCUT2D eigenvalue weighted by Gasteiger charge is 2.18. The Morgan fingerprint density at radius 3 is 2.58 bits per heavy atom. The Morgan fingerprint density at radius 1 is 1.26 bits per heavy atom. The fourth-order valence-corrected chi connectivity index (χ4v) is 3.20. The molecular weight excluding hydrogens is 236 g/mol. The maximum atomic E-state index is 6.33. The summed E-state index contributed by atoms with van der Waals surface area (Å²) in [4.78, 5) is 4.36. The summed E-state index contributed by atoms with van der Waals surface area (Å²) in [5.41, 5.74) is 6.33. The first-order valence-corrected chi connectivity index (χ1v) is 7.80. The number of hydrogen-bond acceptors (Lipinski definition) is 3. The summed E-state index contributed by atoms with van der Waals surface area (Å²) in [5.74, 6) is 1.86. The van der Waals surface area contributed by atoms with Crippen LogP contribution < -0.4 is 5.73 Å². The molecular formula is C15H28N4. The van der Waals surface area contributed by atoms with Crippen LogP contribution in [-0.2, 0) is 6.42 Å². The maximum Gasteiger partial charge on any atom is 0.138 e. The second-order valence-electron chi connectivity index (χ2n) is 6.27. The van der Waals surface area contributed by atoms with E-state index in [1.54, 1.807) is 6.33 Å². The largest absolute Gasteiger partial charge is 0.327 e. The van der Waals surface area contributed by atoms with Gasteiger partial charge in [-0.2, -0.15) is 5.10 Å². The van der Waals surface area contributed by atoms with Gasteiger partial charge in [-0.15, -0.1) is 0 Å². The second-order valence-corrected chi connectivity index (χ2v) is 6.27. The Kier molecular flexibility index (Phi) is 5.37. The number of rotatable bonds is 5. The first-order chi connectivity index (χ1) is 9.16. The molecule has 1 heterocycles. The standard InChI is InChI=1S/C15H28N4/c1-12(2)19-15(17-11-18-19)10-14(16)9-13-7-5-3-4-6-8-13/h11-14H,3-10,16H2,1-2H3. The number of hydrogen-bond donors (Lipinski definition) is 1. The zero-order valence-electron chi connectivity index (χ0n) is 12.4. The van der Waals surface area contributed by atoms with Crippen molar-refractivity contribution in [2.45, 2.75) is 77.3 Å². The molecule has 0 amide bonds. The van der Waals surface area contributed by atoms with Crippen molar-refractivity contribution in [1.82, 2.24) is 14.8 Å². The Morgan fingerprint density at radius 2 is 1.95 bits per heavy atom. The third kappa shape index (κ3) is 4.30. The molecule has 1 aliphatic rings. The maximum absolute atomic E-state index is 6.33. The van der Waals surface area contributed by atoms with Gasteiger partial charge in [-0.05, 0) is 26.2 Å². The van der Waals surface area contributed by atoms with Crippen LogP contribution in [0.2, 0.25) is 0 Å². The summed E-state index contributed by atoms with van der Waals surface area (Å²) < 4.78 is 1.99. The van der Waals surface area contributed by atoms with Crippen LogP contribution in [0.4, 0.5) is 0 Å². The van der Waals surface area contributed by atoms with Crippen LogP contribution >= 0.6 is 0 Å². The van der Waals surface area contributed by atoms with E-state index in [9.17, 15) is 0 Å². The zero-order valence-corrected chi connectivity index (χ0v) is 12.4. The smallest absolute Gasteiger partial charge is 0.138 e. The summed E-state index contributed by atoms with van der Waals surface area (Å²) >= 11 is 0. The van der Waals surface area contributed by atoms with Crippen LogP contribution in [0.5, 0.6) is 0 Å². The van der Waals surface area contributed by atoms with Gasteiger partial charge in [-0.25, -0.2) is 9.67 Å². The molecule has 0 bridgehead atoms. The van der Waals surface area contributed by atoms with E-state index in [2.05, 4.69) is 23.9 Å². The average Bonchev–Trinajstić information content (AvgIpc) is 2.66. The fraction of sp³-hybridized carbons (Fsp3) is 0.867. The van der Waals surface area contributed by atoms with Gasteiger partial charge < -0.3 is 5.73 Å². The molecule has 1 unspecified atom stereocenters. The quantitative estimate of drug-likeness (QED) is 0.831. The van der Waals surface area contributed by atoms with Crippen molar-refractivity contribution in [3.8, 4) is 0 Å². The van der Waals surface area contributed by atoms with Gasteiger partial charge in [0.25, 0.3) is 0 Å². The monoisotopic (exact) mass is 264 g/mol. The van der Waals surface area contributed by atoms with Crippen molar-refractivity contribution >= 4 is 0 Å². The van der Waals surface area contributed by atoms with E-state index in [1.165, 1.54) is 38.5 Å². The van der Waals surface area contributed by atoms with Crippen LogP contribution in [0.15, 0.2) is 6.33 Å². The summed E-state index contributed by atoms with van der Waals surface area (Å²) in [7, 11) is 0. The highest BCUT2D eigenvalue weighted by Crippen LogP contribution is 2.26. The third-order valence-corrected chi connectivity index (χ3v) is 4.19. The lowest BCUT2D eigenvalue weighted by Gasteiger charge is -2.19. The first kappa shape index (κ1) is 14.5. The molecule has 1 aliphatic carbocycles. The van der Waals surface area contributed by atoms with Crippen molar-refractivity contribution < 1.29 is 0 Å². The molecule has 0 aromatic carbocycles. The van der Waals surface area contributed by atoms with Crippen molar-refractivity contribution in [2.75, 3.05) is 0 Å². The minimum Gasteiger partial charge on any atom is -0.327 e. The molecule has 1 aromatic rings. The van der Waals surface area contributed by atoms with Crippen LogP contribution in [-0.4, -0.2) is 20.8 Å². The lowest BCUT2D eigenvalue weighted by atomic mass is 9.91. The highest BCUT2D eigenvalue weighted by atomic mass is 15.3. The van der Waals surface area contributed by atoms with E-state index in [1.807, 2.05) is 4.68 Å². The number of nitrogens with zero attached hydrogens (tertiary/aromatic N) is 3. The van der Waals surface area contributed by atoms with Crippen LogP contribution in [0.25, 0.3) is 0 Å². The molecule has 1 aromatic heterocycles. The predicted molar refractivity (Wildman–Crippen MR) is 77.9 cm³/mol. The summed E-state index contributed by atoms with van der Waals surface area (Å²) in [6, 6.07) is 0.590. The number of aromatic nitrogens is 3. The second kappa shape index (κ2) is 7.04. The zero-order chi connectivity index (χ0) is 13.7. The van der Waals surface area contributed by atoms with Crippen molar-refractivity contribution in [1.29, 1.82) is 0 Å². The normalized spacial score (nSPS) is 19.6. The molecule has 4 nitrogen and oxygen atoms in total. The van der Waals surface area contributed by atoms with Crippen molar-refractivity contribution in [3.05, 3.63) is 12.2 Å². The van der Waals surface area contributed by atoms with E-state index >= 15 is 0 Å². The Bertz CT molecular complexity index is 364. The van der Waals surface area contributed by atoms with Gasteiger partial charge in [0.15, 0.2) is 0 Å². The SMILES string of the molecule is CC(C)n1ncnc1CC(N)CC1CCCCCC1. The average molecular weight is 264 g/mol. The predicted octanol–water partition coefficient (Wildman–Crippen LogP) is 3.09. The highest BCUT2D eigenvalue weighted by molar-refractivity contribution is 4.91. The van der Waals surface area contributed by atoms with Gasteiger partial charge in [0.1, 0.15) is 12.2 Å². The molecule has 2 rings (SSSR count). The number of nitrogens with two attached hydrogens (primary N) is 1. The molecule has 1 atom stereocenters. The van der Waals surface area contributed by atoms with E-state index in [0.717, 1.165) is 24.6 Å². The molecule has 108 valence electrons. The van der Waals surface area contributed by atoms with Gasteiger partial charge in [0, 0.05) is 18.5 Å². The minimum atomic E-state index is 0.227. The Balaban J connectivity index is 1.86. The third-order valence-electron chi connectivity index (χ3n) is 4.19. The molecule has 4 heteroatoms. The van der Waals surface area contributed by atoms with Gasteiger partial charge >= 0.3 is 0 Å². The van der Waals surface area contributed by atoms with Gasteiger partial charge in [0.05, 0.1) is 0 Å². The summed E-state index contributed by atoms with van der Waals surface area (Å²) in [5, 5.41) is 4.28. The molecule has 1 saturated carbocycles. The van der Waals surface area contributed by atoms with E-state index in [4.69, 9.17) is 5.73 Å². The van der Waals surface area contributed by atoms with Crippen molar-refractivity contribution in [2.24, 2.45) is 11.7 Å². The van der Waals surface area contributed by atoms with Gasteiger partial charge in [-0.3, -0.25) is 0 Å². The van der Waals surface area contributed by atoms with E-state index in [-0.39, 0.29) is 6.04 Å². The van der Waals surface area contributed by atoms with Crippen LogP contribution in [0, 0.1) is 5.92 Å². The minimum absolute atomic E-state index is 0.227. The first-order valence-electron chi connectivity index (χ1n) is 7.80. The Labute approximate surface area is 116 Å². The molecule has 0 saturated heterocycles. The van der Waals surface area contributed by atoms with Crippen LogP contribution in [0.3, 0.4) is 0 Å². The van der Waals surface area contributed by atoms with Gasteiger partial charge in [-0.1, -0.05) is 38.5 Å². The molecule has 0 radical (unpaired) electrons. The Hall–Kier alpha value is -0.900. The fourth-order valence-electron chi connectivity index (χ4n) is 3.20. The summed E-state index contributed by atoms with van der Waals surface area (Å²) in [6.07, 6.45) is 12.0. The molecule has 19 heavy (non-hydrogen) atoms. The van der Waals surface area contributed by atoms with Crippen LogP contribution in [0.1, 0.15) is 70.7 Å². The lowest BCUT2D eigenvalue weighted by Crippen LogP contribution is -2.28. The topological polar surface area (TPSA) is 56.7 Å². The van der Waals surface area contributed by atoms with E-state index < -0.39 is 0 Å². The molecule has 2 N–H and O–H groups in total. The van der Waals surface area contributed by atoms with E-state index in [0.29, 0.717) is 6.04 Å². The lowest BCUT2D eigenvalue weighted by molar-refractivity contribution is 0.378.